The van der Waals surface area contributed by atoms with Crippen LogP contribution >= 0.6 is 0 Å². The molecule has 0 atom stereocenters. The molecule has 0 saturated carbocycles. The van der Waals surface area contributed by atoms with E-state index >= 15 is 0 Å². The van der Waals surface area contributed by atoms with E-state index in [4.69, 9.17) is 0 Å². The number of amides is 1. The van der Waals surface area contributed by atoms with E-state index in [9.17, 15) is 4.79 Å². The van der Waals surface area contributed by atoms with Crippen LogP contribution in [-0.2, 0) is 13.5 Å². The van der Waals surface area contributed by atoms with Crippen molar-refractivity contribution in [3.8, 4) is 0 Å². The summed E-state index contributed by atoms with van der Waals surface area (Å²) >= 11 is 0. The van der Waals surface area contributed by atoms with E-state index < -0.39 is 0 Å². The maximum atomic E-state index is 12.2. The van der Waals surface area contributed by atoms with Gasteiger partial charge < -0.3 is 5.32 Å². The first-order chi connectivity index (χ1) is 9.11. The van der Waals surface area contributed by atoms with Crippen LogP contribution in [0.5, 0.6) is 0 Å². The Morgan fingerprint density at radius 1 is 1.37 bits per heavy atom. The number of anilines is 1. The first kappa shape index (κ1) is 13.3. The number of hydrogen-bond acceptors (Lipinski definition) is 2. The van der Waals surface area contributed by atoms with Crippen molar-refractivity contribution in [1.29, 1.82) is 0 Å². The van der Waals surface area contributed by atoms with Crippen LogP contribution in [0.3, 0.4) is 0 Å². The van der Waals surface area contributed by atoms with Crippen molar-refractivity contribution >= 4 is 11.6 Å². The third-order valence-corrected chi connectivity index (χ3v) is 3.06. The largest absolute Gasteiger partial charge is 0.320 e. The molecule has 1 amide bonds. The second kappa shape index (κ2) is 5.69. The number of nitrogens with zero attached hydrogens (tertiary/aromatic N) is 2. The van der Waals surface area contributed by atoms with E-state index in [2.05, 4.69) is 17.3 Å². The highest BCUT2D eigenvalue weighted by Crippen LogP contribution is 2.15. The average Bonchev–Trinajstić information content (AvgIpc) is 2.74. The molecular weight excluding hydrogens is 238 g/mol. The molecule has 0 aliphatic heterocycles. The van der Waals surface area contributed by atoms with Crippen molar-refractivity contribution in [2.45, 2.75) is 26.7 Å². The second-order valence-electron chi connectivity index (χ2n) is 4.66. The molecule has 1 aromatic carbocycles. The Hall–Kier alpha value is -2.10. The van der Waals surface area contributed by atoms with Gasteiger partial charge in [-0.15, -0.1) is 0 Å². The maximum Gasteiger partial charge on any atom is 0.273 e. The van der Waals surface area contributed by atoms with Crippen molar-refractivity contribution in [3.63, 3.8) is 0 Å². The normalized spacial score (nSPS) is 10.5. The molecule has 0 aliphatic rings. The lowest BCUT2D eigenvalue weighted by Crippen LogP contribution is -2.16. The van der Waals surface area contributed by atoms with Gasteiger partial charge in [0, 0.05) is 12.7 Å². The van der Waals surface area contributed by atoms with Crippen LogP contribution in [0.1, 0.15) is 35.1 Å². The SMILES string of the molecule is CCCc1cc(C(=O)Nc2ccccc2C)n(C)n1. The van der Waals surface area contributed by atoms with E-state index in [1.807, 2.05) is 37.3 Å². The fourth-order valence-corrected chi connectivity index (χ4v) is 2.02. The highest BCUT2D eigenvalue weighted by atomic mass is 16.2. The quantitative estimate of drug-likeness (QED) is 0.915. The number of aromatic nitrogens is 2. The van der Waals surface area contributed by atoms with Gasteiger partial charge in [0.25, 0.3) is 5.91 Å². The first-order valence-electron chi connectivity index (χ1n) is 6.51. The summed E-state index contributed by atoms with van der Waals surface area (Å²) in [4.78, 5) is 12.2. The predicted octanol–water partition coefficient (Wildman–Crippen LogP) is 2.93. The summed E-state index contributed by atoms with van der Waals surface area (Å²) in [6, 6.07) is 9.60. The van der Waals surface area contributed by atoms with Crippen LogP contribution in [0, 0.1) is 6.92 Å². The molecule has 2 rings (SSSR count). The van der Waals surface area contributed by atoms with Gasteiger partial charge in [0.2, 0.25) is 0 Å². The van der Waals surface area contributed by atoms with Crippen molar-refractivity contribution in [2.24, 2.45) is 7.05 Å². The highest BCUT2D eigenvalue weighted by molar-refractivity contribution is 6.03. The minimum absolute atomic E-state index is 0.119. The number of benzene rings is 1. The van der Waals surface area contributed by atoms with E-state index in [1.54, 1.807) is 11.7 Å². The van der Waals surface area contributed by atoms with Gasteiger partial charge in [-0.3, -0.25) is 9.48 Å². The Bertz CT molecular complexity index is 587. The zero-order chi connectivity index (χ0) is 13.8. The van der Waals surface area contributed by atoms with Crippen LogP contribution in [-0.4, -0.2) is 15.7 Å². The van der Waals surface area contributed by atoms with E-state index in [0.717, 1.165) is 29.8 Å². The number of nitrogens with one attached hydrogen (secondary N) is 1. The molecule has 0 spiro atoms. The summed E-state index contributed by atoms with van der Waals surface area (Å²) in [5.74, 6) is -0.119. The highest BCUT2D eigenvalue weighted by Gasteiger charge is 2.13. The monoisotopic (exact) mass is 257 g/mol. The van der Waals surface area contributed by atoms with E-state index in [1.165, 1.54) is 0 Å². The Balaban J connectivity index is 2.18. The minimum atomic E-state index is -0.119. The number of rotatable bonds is 4. The third-order valence-electron chi connectivity index (χ3n) is 3.06. The lowest BCUT2D eigenvalue weighted by molar-refractivity contribution is 0.101. The fourth-order valence-electron chi connectivity index (χ4n) is 2.02. The molecule has 19 heavy (non-hydrogen) atoms. The number of hydrogen-bond donors (Lipinski definition) is 1. The lowest BCUT2D eigenvalue weighted by Gasteiger charge is -2.07. The second-order valence-corrected chi connectivity index (χ2v) is 4.66. The van der Waals surface area contributed by atoms with Crippen LogP contribution < -0.4 is 5.32 Å². The summed E-state index contributed by atoms with van der Waals surface area (Å²) in [7, 11) is 1.80. The molecular formula is C15H19N3O. The van der Waals surface area contributed by atoms with Gasteiger partial charge in [-0.2, -0.15) is 5.10 Å². The summed E-state index contributed by atoms with van der Waals surface area (Å²) in [6.45, 7) is 4.07. The van der Waals surface area contributed by atoms with E-state index in [0.29, 0.717) is 5.69 Å². The minimum Gasteiger partial charge on any atom is -0.320 e. The maximum absolute atomic E-state index is 12.2. The molecule has 1 aromatic heterocycles. The molecule has 1 N–H and O–H groups in total. The van der Waals surface area contributed by atoms with Gasteiger partial charge in [0.1, 0.15) is 5.69 Å². The van der Waals surface area contributed by atoms with Crippen molar-refractivity contribution < 1.29 is 4.79 Å². The number of para-hydroxylation sites is 1. The van der Waals surface area contributed by atoms with Crippen molar-refractivity contribution in [1.82, 2.24) is 9.78 Å². The van der Waals surface area contributed by atoms with Gasteiger partial charge in [-0.25, -0.2) is 0 Å². The van der Waals surface area contributed by atoms with Crippen LogP contribution in [0.4, 0.5) is 5.69 Å². The molecule has 0 bridgehead atoms. The lowest BCUT2D eigenvalue weighted by atomic mass is 10.2. The van der Waals surface area contributed by atoms with Crippen molar-refractivity contribution in [3.05, 3.63) is 47.3 Å². The van der Waals surface area contributed by atoms with Crippen molar-refractivity contribution in [2.75, 3.05) is 5.32 Å². The summed E-state index contributed by atoms with van der Waals surface area (Å²) in [5.41, 5.74) is 3.43. The van der Waals surface area contributed by atoms with Crippen LogP contribution in [0.2, 0.25) is 0 Å². The molecule has 2 aromatic rings. The molecule has 0 radical (unpaired) electrons. The Morgan fingerprint density at radius 3 is 2.79 bits per heavy atom. The summed E-state index contributed by atoms with van der Waals surface area (Å²) < 4.78 is 1.64. The molecule has 4 nitrogen and oxygen atoms in total. The van der Waals surface area contributed by atoms with E-state index in [-0.39, 0.29) is 5.91 Å². The molecule has 0 unspecified atom stereocenters. The number of carbonyl (C=O) groups excluding carboxylic acids is 1. The molecule has 0 aliphatic carbocycles. The Kier molecular flexibility index (Phi) is 4.00. The molecule has 0 saturated heterocycles. The smallest absolute Gasteiger partial charge is 0.273 e. The standard InChI is InChI=1S/C15H19N3O/c1-4-7-12-10-14(18(3)17-12)15(19)16-13-9-6-5-8-11(13)2/h5-6,8-10H,4,7H2,1-3H3,(H,16,19). The summed E-state index contributed by atoms with van der Waals surface area (Å²) in [5, 5.41) is 7.26. The average molecular weight is 257 g/mol. The summed E-state index contributed by atoms with van der Waals surface area (Å²) in [6.07, 6.45) is 1.92. The van der Waals surface area contributed by atoms with Gasteiger partial charge in [0.15, 0.2) is 0 Å². The molecule has 100 valence electrons. The number of carbonyl (C=O) groups is 1. The zero-order valence-corrected chi connectivity index (χ0v) is 11.6. The van der Waals surface area contributed by atoms with Crippen LogP contribution in [0.25, 0.3) is 0 Å². The fraction of sp³-hybridized carbons (Fsp3) is 0.333. The van der Waals surface area contributed by atoms with Gasteiger partial charge in [0.05, 0.1) is 5.69 Å². The third kappa shape index (κ3) is 3.02. The molecule has 4 heteroatoms. The molecule has 1 heterocycles. The number of aryl methyl sites for hydroxylation is 3. The topological polar surface area (TPSA) is 46.9 Å². The predicted molar refractivity (Wildman–Crippen MR) is 76.3 cm³/mol. The van der Waals surface area contributed by atoms with Gasteiger partial charge >= 0.3 is 0 Å². The first-order valence-corrected chi connectivity index (χ1v) is 6.51. The Labute approximate surface area is 113 Å². The molecule has 0 fully saturated rings. The van der Waals surface area contributed by atoms with Gasteiger partial charge in [-0.05, 0) is 31.0 Å². The Morgan fingerprint density at radius 2 is 2.11 bits per heavy atom. The zero-order valence-electron chi connectivity index (χ0n) is 11.6. The van der Waals surface area contributed by atoms with Crippen LogP contribution in [0.15, 0.2) is 30.3 Å². The van der Waals surface area contributed by atoms with Gasteiger partial charge in [-0.1, -0.05) is 31.5 Å².